The number of anilines is 1. The maximum atomic E-state index is 13.8. The van der Waals surface area contributed by atoms with Crippen LogP contribution in [-0.4, -0.2) is 36.5 Å². The lowest BCUT2D eigenvalue weighted by Gasteiger charge is -2.32. The van der Waals surface area contributed by atoms with E-state index in [4.69, 9.17) is 4.74 Å². The first-order valence-electron chi connectivity index (χ1n) is 11.8. The zero-order chi connectivity index (χ0) is 23.4. The molecule has 0 saturated heterocycles. The van der Waals surface area contributed by atoms with Crippen molar-refractivity contribution in [1.29, 1.82) is 0 Å². The summed E-state index contributed by atoms with van der Waals surface area (Å²) in [6.45, 7) is 3.93. The van der Waals surface area contributed by atoms with Crippen molar-refractivity contribution in [1.82, 2.24) is 5.32 Å². The Morgan fingerprint density at radius 1 is 1.09 bits per heavy atom. The molecule has 0 spiro atoms. The second kappa shape index (κ2) is 10.4. The molecule has 174 valence electrons. The number of hydrogen-bond donors (Lipinski definition) is 1. The van der Waals surface area contributed by atoms with Gasteiger partial charge in [-0.2, -0.15) is 0 Å². The van der Waals surface area contributed by atoms with Crippen molar-refractivity contribution >= 4 is 35.2 Å². The van der Waals surface area contributed by atoms with Crippen molar-refractivity contribution in [2.45, 2.75) is 74.2 Å². The maximum Gasteiger partial charge on any atom is 0.338 e. The van der Waals surface area contributed by atoms with Crippen molar-refractivity contribution in [3.05, 3.63) is 53.6 Å². The Morgan fingerprint density at radius 3 is 2.58 bits per heavy atom. The molecule has 2 aliphatic rings. The summed E-state index contributed by atoms with van der Waals surface area (Å²) in [5.74, 6) is -0.822. The van der Waals surface area contributed by atoms with E-state index in [-0.39, 0.29) is 24.5 Å². The van der Waals surface area contributed by atoms with Crippen LogP contribution in [0.4, 0.5) is 5.69 Å². The van der Waals surface area contributed by atoms with Gasteiger partial charge in [-0.15, -0.1) is 0 Å². The Morgan fingerprint density at radius 2 is 1.85 bits per heavy atom. The van der Waals surface area contributed by atoms with Gasteiger partial charge in [0.2, 0.25) is 5.91 Å². The van der Waals surface area contributed by atoms with E-state index < -0.39 is 12.0 Å². The topological polar surface area (TPSA) is 75.7 Å². The van der Waals surface area contributed by atoms with Crippen LogP contribution in [0.15, 0.2) is 52.3 Å². The van der Waals surface area contributed by atoms with E-state index in [1.165, 1.54) is 18.2 Å². The molecule has 1 saturated carbocycles. The number of esters is 1. The summed E-state index contributed by atoms with van der Waals surface area (Å²) in [6, 6.07) is 12.1. The molecular formula is C26H30N2O4S. The highest BCUT2D eigenvalue weighted by Crippen LogP contribution is 2.43. The fourth-order valence-electron chi connectivity index (χ4n) is 4.56. The number of nitrogens with one attached hydrogen (secondary N) is 1. The summed E-state index contributed by atoms with van der Waals surface area (Å²) >= 11 is 1.47. The number of rotatable bonds is 6. The first-order chi connectivity index (χ1) is 16.0. The lowest BCUT2D eigenvalue weighted by atomic mass is 9.95. The van der Waals surface area contributed by atoms with E-state index in [0.29, 0.717) is 23.2 Å². The average molecular weight is 467 g/mol. The highest BCUT2D eigenvalue weighted by atomic mass is 32.2. The van der Waals surface area contributed by atoms with Gasteiger partial charge in [0.05, 0.1) is 23.4 Å². The van der Waals surface area contributed by atoms with Crippen molar-refractivity contribution < 1.29 is 19.1 Å². The summed E-state index contributed by atoms with van der Waals surface area (Å²) in [7, 11) is 0. The van der Waals surface area contributed by atoms with Crippen LogP contribution in [0.25, 0.3) is 0 Å². The lowest BCUT2D eigenvalue weighted by molar-refractivity contribution is -0.123. The van der Waals surface area contributed by atoms with Gasteiger partial charge in [-0.05, 0) is 56.5 Å². The highest BCUT2D eigenvalue weighted by Gasteiger charge is 2.36. The molecule has 6 nitrogen and oxygen atoms in total. The van der Waals surface area contributed by atoms with Crippen LogP contribution >= 0.6 is 11.8 Å². The largest absolute Gasteiger partial charge is 0.462 e. The predicted molar refractivity (Wildman–Crippen MR) is 129 cm³/mol. The van der Waals surface area contributed by atoms with E-state index in [1.807, 2.05) is 31.2 Å². The molecule has 33 heavy (non-hydrogen) atoms. The summed E-state index contributed by atoms with van der Waals surface area (Å²) < 4.78 is 5.18. The van der Waals surface area contributed by atoms with Gasteiger partial charge in [-0.25, -0.2) is 4.79 Å². The quantitative estimate of drug-likeness (QED) is 0.592. The molecular weight excluding hydrogens is 436 g/mol. The first-order valence-corrected chi connectivity index (χ1v) is 12.6. The number of carbonyl (C=O) groups is 3. The van der Waals surface area contributed by atoms with E-state index in [0.717, 1.165) is 35.5 Å². The average Bonchev–Trinajstić information content (AvgIpc) is 2.95. The number of carbonyl (C=O) groups excluding carboxylic acids is 3. The van der Waals surface area contributed by atoms with Crippen molar-refractivity contribution in [2.75, 3.05) is 11.5 Å². The van der Waals surface area contributed by atoms with E-state index >= 15 is 0 Å². The van der Waals surface area contributed by atoms with E-state index in [9.17, 15) is 14.4 Å². The van der Waals surface area contributed by atoms with Crippen LogP contribution in [0, 0.1) is 0 Å². The molecule has 0 bridgehead atoms. The molecule has 1 fully saturated rings. The molecule has 1 N–H and O–H groups in total. The number of nitrogens with zero attached hydrogens (tertiary/aromatic N) is 1. The Labute approximate surface area is 199 Å². The molecule has 1 unspecified atom stereocenters. The molecule has 1 atom stereocenters. The van der Waals surface area contributed by atoms with E-state index in [2.05, 4.69) is 5.32 Å². The van der Waals surface area contributed by atoms with Crippen molar-refractivity contribution in [3.63, 3.8) is 0 Å². The molecule has 0 aromatic heterocycles. The van der Waals surface area contributed by atoms with Crippen LogP contribution in [0.1, 0.15) is 73.1 Å². The summed E-state index contributed by atoms with van der Waals surface area (Å²) in [5.41, 5.74) is 1.49. The van der Waals surface area contributed by atoms with Gasteiger partial charge < -0.3 is 10.1 Å². The number of fused-ring (bicyclic) bond motifs is 2. The molecule has 1 aliphatic heterocycles. The second-order valence-corrected chi connectivity index (χ2v) is 9.53. The third-order valence-electron chi connectivity index (χ3n) is 6.24. The summed E-state index contributed by atoms with van der Waals surface area (Å²) in [4.78, 5) is 42.9. The molecule has 2 amide bonds. The number of hydrogen-bond acceptors (Lipinski definition) is 5. The van der Waals surface area contributed by atoms with Crippen molar-refractivity contribution in [3.8, 4) is 0 Å². The Hall–Kier alpha value is -2.80. The van der Waals surface area contributed by atoms with Crippen LogP contribution in [0.2, 0.25) is 0 Å². The van der Waals surface area contributed by atoms with Crippen LogP contribution in [0.3, 0.4) is 0 Å². The fourth-order valence-corrected chi connectivity index (χ4v) is 5.61. The van der Waals surface area contributed by atoms with Gasteiger partial charge in [-0.3, -0.25) is 14.5 Å². The SMILES string of the molecule is CCOC(=O)c1ccc2c(c1)N(C(CC)C(=O)NC1CCCCC1)C(=O)c1ccccc1S2. The zero-order valence-electron chi connectivity index (χ0n) is 19.1. The molecule has 0 radical (unpaired) electrons. The lowest BCUT2D eigenvalue weighted by Crippen LogP contribution is -2.52. The zero-order valence-corrected chi connectivity index (χ0v) is 20.0. The monoisotopic (exact) mass is 466 g/mol. The summed E-state index contributed by atoms with van der Waals surface area (Å²) in [6.07, 6.45) is 5.82. The minimum absolute atomic E-state index is 0.144. The van der Waals surface area contributed by atoms with E-state index in [1.54, 1.807) is 30.0 Å². The highest BCUT2D eigenvalue weighted by molar-refractivity contribution is 7.99. The smallest absolute Gasteiger partial charge is 0.338 e. The van der Waals surface area contributed by atoms with Gasteiger partial charge in [0.25, 0.3) is 5.91 Å². The molecule has 1 heterocycles. The van der Waals surface area contributed by atoms with Gasteiger partial charge in [0.1, 0.15) is 6.04 Å². The minimum Gasteiger partial charge on any atom is -0.462 e. The van der Waals surface area contributed by atoms with Crippen LogP contribution in [0.5, 0.6) is 0 Å². The Balaban J connectivity index is 1.76. The van der Waals surface area contributed by atoms with Crippen LogP contribution < -0.4 is 10.2 Å². The first kappa shape index (κ1) is 23.4. The normalized spacial score (nSPS) is 16.9. The van der Waals surface area contributed by atoms with Crippen LogP contribution in [-0.2, 0) is 9.53 Å². The third-order valence-corrected chi connectivity index (χ3v) is 7.38. The van der Waals surface area contributed by atoms with Gasteiger partial charge in [0.15, 0.2) is 0 Å². The maximum absolute atomic E-state index is 13.8. The van der Waals surface area contributed by atoms with Gasteiger partial charge in [-0.1, -0.05) is 50.1 Å². The molecule has 1 aliphatic carbocycles. The second-order valence-electron chi connectivity index (χ2n) is 8.44. The molecule has 2 aromatic rings. The fraction of sp³-hybridized carbons (Fsp3) is 0.423. The Bertz CT molecular complexity index is 1050. The minimum atomic E-state index is -0.678. The summed E-state index contributed by atoms with van der Waals surface area (Å²) in [5, 5.41) is 3.19. The Kier molecular flexibility index (Phi) is 7.38. The van der Waals surface area contributed by atoms with Gasteiger partial charge >= 0.3 is 5.97 Å². The number of amides is 2. The molecule has 7 heteroatoms. The van der Waals surface area contributed by atoms with Gasteiger partial charge in [0, 0.05) is 15.8 Å². The molecule has 4 rings (SSSR count). The third kappa shape index (κ3) is 4.93. The number of benzene rings is 2. The predicted octanol–water partition coefficient (Wildman–Crippen LogP) is 5.20. The molecule has 2 aromatic carbocycles. The van der Waals surface area contributed by atoms with Crippen molar-refractivity contribution in [2.24, 2.45) is 0 Å². The number of ether oxygens (including phenoxy) is 1. The standard InChI is InChI=1S/C26H30N2O4S/c1-3-20(24(29)27-18-10-6-5-7-11-18)28-21-16-17(26(31)32-4-2)14-15-23(21)33-22-13-9-8-12-19(22)25(28)30/h8-9,12-16,18,20H,3-7,10-11H2,1-2H3,(H,27,29).